The topological polar surface area (TPSA) is 52.1 Å². The zero-order valence-electron chi connectivity index (χ0n) is 10.2. The summed E-state index contributed by atoms with van der Waals surface area (Å²) < 4.78 is 5.12. The number of nitrogens with zero attached hydrogens (tertiary/aromatic N) is 2. The van der Waals surface area contributed by atoms with Crippen LogP contribution in [0.2, 0.25) is 0 Å². The lowest BCUT2D eigenvalue weighted by molar-refractivity contribution is 0.0974. The minimum absolute atomic E-state index is 0.0295. The number of hydrogen-bond donors (Lipinski definition) is 0. The van der Waals surface area contributed by atoms with Gasteiger partial charge < -0.3 is 4.74 Å². The molecule has 4 nitrogen and oxygen atoms in total. The molecule has 92 valence electrons. The smallest absolute Gasteiger partial charge is 0.185 e. The van der Waals surface area contributed by atoms with Crippen molar-refractivity contribution in [3.05, 3.63) is 54.1 Å². The summed E-state index contributed by atoms with van der Waals surface area (Å²) in [6, 6.07) is 9.15. The zero-order chi connectivity index (χ0) is 12.8. The molecule has 0 aliphatic rings. The molecule has 0 saturated carbocycles. The van der Waals surface area contributed by atoms with Crippen LogP contribution in [0.1, 0.15) is 22.6 Å². The second kappa shape index (κ2) is 5.91. The Kier molecular flexibility index (Phi) is 4.02. The predicted molar refractivity (Wildman–Crippen MR) is 67.7 cm³/mol. The van der Waals surface area contributed by atoms with Gasteiger partial charge in [-0.05, 0) is 30.7 Å². The van der Waals surface area contributed by atoms with Gasteiger partial charge in [-0.2, -0.15) is 0 Å². The van der Waals surface area contributed by atoms with Crippen LogP contribution >= 0.6 is 0 Å². The van der Waals surface area contributed by atoms with Crippen molar-refractivity contribution in [3.8, 4) is 5.75 Å². The van der Waals surface area contributed by atoms with E-state index in [0.29, 0.717) is 24.3 Å². The van der Waals surface area contributed by atoms with Crippen LogP contribution < -0.4 is 4.74 Å². The molecule has 0 aliphatic carbocycles. The highest BCUT2D eigenvalue weighted by molar-refractivity contribution is 5.96. The lowest BCUT2D eigenvalue weighted by Crippen LogP contribution is -2.06. The van der Waals surface area contributed by atoms with Gasteiger partial charge in [0.15, 0.2) is 5.78 Å². The van der Waals surface area contributed by atoms with Gasteiger partial charge in [0.1, 0.15) is 11.4 Å². The van der Waals surface area contributed by atoms with Gasteiger partial charge in [0.2, 0.25) is 0 Å². The Morgan fingerprint density at radius 3 is 2.72 bits per heavy atom. The standard InChI is InChI=1S/C14H14N2O2/c1-18-13-6-4-10-16-14(13)12(17)8-7-11-5-2-3-9-15-11/h2-6,9-10H,7-8H2,1H3. The summed E-state index contributed by atoms with van der Waals surface area (Å²) in [5, 5.41) is 0. The van der Waals surface area contributed by atoms with Crippen LogP contribution in [0.3, 0.4) is 0 Å². The molecule has 0 aromatic carbocycles. The molecule has 0 N–H and O–H groups in total. The van der Waals surface area contributed by atoms with Gasteiger partial charge >= 0.3 is 0 Å². The Hall–Kier alpha value is -2.23. The van der Waals surface area contributed by atoms with E-state index in [1.807, 2.05) is 18.2 Å². The predicted octanol–water partition coefficient (Wildman–Crippen LogP) is 2.30. The van der Waals surface area contributed by atoms with Crippen LogP contribution in [0.15, 0.2) is 42.7 Å². The quantitative estimate of drug-likeness (QED) is 0.755. The second-order valence-corrected chi connectivity index (χ2v) is 3.80. The van der Waals surface area contributed by atoms with Gasteiger partial charge in [0.25, 0.3) is 0 Å². The fraction of sp³-hybridized carbons (Fsp3) is 0.214. The summed E-state index contributed by atoms with van der Waals surface area (Å²) in [5.41, 5.74) is 1.29. The van der Waals surface area contributed by atoms with E-state index in [1.165, 1.54) is 7.11 Å². The summed E-state index contributed by atoms with van der Waals surface area (Å²) in [4.78, 5) is 20.3. The number of pyridine rings is 2. The maximum Gasteiger partial charge on any atom is 0.185 e. The minimum Gasteiger partial charge on any atom is -0.494 e. The normalized spacial score (nSPS) is 10.1. The molecule has 0 saturated heterocycles. The van der Waals surface area contributed by atoms with Crippen LogP contribution in [-0.4, -0.2) is 22.9 Å². The van der Waals surface area contributed by atoms with Crippen molar-refractivity contribution in [1.29, 1.82) is 0 Å². The van der Waals surface area contributed by atoms with Gasteiger partial charge in [-0.1, -0.05) is 6.07 Å². The number of carbonyl (C=O) groups excluding carboxylic acids is 1. The molecule has 0 radical (unpaired) electrons. The maximum atomic E-state index is 12.0. The number of rotatable bonds is 5. The first-order valence-electron chi connectivity index (χ1n) is 5.73. The van der Waals surface area contributed by atoms with Crippen molar-refractivity contribution in [2.75, 3.05) is 7.11 Å². The number of methoxy groups -OCH3 is 1. The van der Waals surface area contributed by atoms with Crippen LogP contribution in [-0.2, 0) is 6.42 Å². The highest BCUT2D eigenvalue weighted by atomic mass is 16.5. The Balaban J connectivity index is 2.04. The molecule has 0 fully saturated rings. The minimum atomic E-state index is -0.0295. The third kappa shape index (κ3) is 2.91. The highest BCUT2D eigenvalue weighted by Gasteiger charge is 2.13. The van der Waals surface area contributed by atoms with E-state index in [1.54, 1.807) is 24.5 Å². The van der Waals surface area contributed by atoms with E-state index >= 15 is 0 Å². The van der Waals surface area contributed by atoms with Crippen LogP contribution in [0.5, 0.6) is 5.75 Å². The van der Waals surface area contributed by atoms with E-state index in [2.05, 4.69) is 9.97 Å². The SMILES string of the molecule is COc1cccnc1C(=O)CCc1ccccn1. The number of ketones is 1. The average molecular weight is 242 g/mol. The summed E-state index contributed by atoms with van der Waals surface area (Å²) in [6.45, 7) is 0. The van der Waals surface area contributed by atoms with Gasteiger partial charge in [-0.15, -0.1) is 0 Å². The Morgan fingerprint density at radius 1 is 1.17 bits per heavy atom. The molecule has 0 spiro atoms. The molecule has 4 heteroatoms. The monoisotopic (exact) mass is 242 g/mol. The third-order valence-electron chi connectivity index (χ3n) is 2.59. The van der Waals surface area contributed by atoms with Crippen molar-refractivity contribution in [1.82, 2.24) is 9.97 Å². The Bertz CT molecular complexity index is 526. The van der Waals surface area contributed by atoms with E-state index in [-0.39, 0.29) is 5.78 Å². The van der Waals surface area contributed by atoms with Crippen LogP contribution in [0.4, 0.5) is 0 Å². The number of aryl methyl sites for hydroxylation is 1. The number of ether oxygens (including phenoxy) is 1. The first-order chi connectivity index (χ1) is 8.81. The number of aromatic nitrogens is 2. The molecular weight excluding hydrogens is 228 g/mol. The largest absolute Gasteiger partial charge is 0.494 e. The second-order valence-electron chi connectivity index (χ2n) is 3.80. The summed E-state index contributed by atoms with van der Waals surface area (Å²) in [6.07, 6.45) is 4.31. The zero-order valence-corrected chi connectivity index (χ0v) is 10.2. The van der Waals surface area contributed by atoms with Crippen molar-refractivity contribution >= 4 is 5.78 Å². The molecule has 2 aromatic heterocycles. The van der Waals surface area contributed by atoms with E-state index < -0.39 is 0 Å². The molecule has 18 heavy (non-hydrogen) atoms. The first kappa shape index (κ1) is 12.2. The van der Waals surface area contributed by atoms with Crippen LogP contribution in [0, 0.1) is 0 Å². The summed E-state index contributed by atoms with van der Waals surface area (Å²) in [7, 11) is 1.53. The molecule has 0 amide bonds. The Labute approximate surface area is 106 Å². The van der Waals surface area contributed by atoms with E-state index in [4.69, 9.17) is 4.74 Å². The first-order valence-corrected chi connectivity index (χ1v) is 5.73. The van der Waals surface area contributed by atoms with Gasteiger partial charge in [-0.3, -0.25) is 9.78 Å². The third-order valence-corrected chi connectivity index (χ3v) is 2.59. The van der Waals surface area contributed by atoms with Crippen molar-refractivity contribution in [3.63, 3.8) is 0 Å². The van der Waals surface area contributed by atoms with E-state index in [0.717, 1.165) is 5.69 Å². The molecule has 0 unspecified atom stereocenters. The maximum absolute atomic E-state index is 12.0. The van der Waals surface area contributed by atoms with Gasteiger partial charge in [-0.25, -0.2) is 4.98 Å². The molecule has 2 heterocycles. The number of Topliss-reactive ketones (excluding diaryl/α,β-unsaturated/α-hetero) is 1. The summed E-state index contributed by atoms with van der Waals surface area (Å²) >= 11 is 0. The van der Waals surface area contributed by atoms with Crippen molar-refractivity contribution in [2.45, 2.75) is 12.8 Å². The highest BCUT2D eigenvalue weighted by Crippen LogP contribution is 2.17. The number of hydrogen-bond acceptors (Lipinski definition) is 4. The van der Waals surface area contributed by atoms with Crippen LogP contribution in [0.25, 0.3) is 0 Å². The molecular formula is C14H14N2O2. The lowest BCUT2D eigenvalue weighted by atomic mass is 10.1. The molecule has 0 atom stereocenters. The Morgan fingerprint density at radius 2 is 2.00 bits per heavy atom. The average Bonchev–Trinajstić information content (AvgIpc) is 2.45. The molecule has 2 rings (SSSR count). The summed E-state index contributed by atoms with van der Waals surface area (Å²) in [5.74, 6) is 0.488. The van der Waals surface area contributed by atoms with Gasteiger partial charge in [0.05, 0.1) is 7.11 Å². The van der Waals surface area contributed by atoms with E-state index in [9.17, 15) is 4.79 Å². The fourth-order valence-corrected chi connectivity index (χ4v) is 1.67. The molecule has 0 aliphatic heterocycles. The lowest BCUT2D eigenvalue weighted by Gasteiger charge is -2.05. The van der Waals surface area contributed by atoms with Crippen molar-refractivity contribution < 1.29 is 9.53 Å². The molecule has 0 bridgehead atoms. The van der Waals surface area contributed by atoms with Gasteiger partial charge in [0, 0.05) is 24.5 Å². The van der Waals surface area contributed by atoms with Crippen molar-refractivity contribution in [2.24, 2.45) is 0 Å². The molecule has 2 aromatic rings. The fourth-order valence-electron chi connectivity index (χ4n) is 1.67. The number of carbonyl (C=O) groups is 1.